The lowest BCUT2D eigenvalue weighted by atomic mass is 10.0. The van der Waals surface area contributed by atoms with Crippen molar-refractivity contribution in [3.63, 3.8) is 0 Å². The smallest absolute Gasteiger partial charge is 0.00671 e. The van der Waals surface area contributed by atoms with Gasteiger partial charge in [0, 0.05) is 12.6 Å². The van der Waals surface area contributed by atoms with Crippen molar-refractivity contribution in [2.75, 3.05) is 13.1 Å². The zero-order valence-electron chi connectivity index (χ0n) is 9.71. The second-order valence-corrected chi connectivity index (χ2v) is 5.21. The maximum absolute atomic E-state index is 2.66. The molecule has 1 fully saturated rings. The lowest BCUT2D eigenvalue weighted by molar-refractivity contribution is 0.230. The Bertz CT molecular complexity index is 142. The van der Waals surface area contributed by atoms with Crippen LogP contribution in [0.4, 0.5) is 0 Å². The molecule has 0 bridgehead atoms. The zero-order valence-corrected chi connectivity index (χ0v) is 9.71. The Morgan fingerprint density at radius 3 is 2.38 bits per heavy atom. The molecule has 0 radical (unpaired) electrons. The van der Waals surface area contributed by atoms with Gasteiger partial charge in [-0.2, -0.15) is 0 Å². The topological polar surface area (TPSA) is 3.24 Å². The van der Waals surface area contributed by atoms with Gasteiger partial charge in [0.25, 0.3) is 0 Å². The van der Waals surface area contributed by atoms with E-state index in [1.165, 1.54) is 32.4 Å². The fourth-order valence-electron chi connectivity index (χ4n) is 2.13. The van der Waals surface area contributed by atoms with E-state index in [0.29, 0.717) is 0 Å². The molecule has 1 aliphatic heterocycles. The van der Waals surface area contributed by atoms with Gasteiger partial charge in [0.2, 0.25) is 0 Å². The maximum atomic E-state index is 2.66. The second kappa shape index (κ2) is 4.99. The molecule has 2 unspecified atom stereocenters. The standard InChI is InChI=1S/C12H25N/c1-10(2)5-6-12(4)13-8-7-11(3)9-13/h10-12H,5-9H2,1-4H3. The van der Waals surface area contributed by atoms with E-state index in [4.69, 9.17) is 0 Å². The minimum absolute atomic E-state index is 0.812. The SMILES string of the molecule is CC(C)CCC(C)N1CCC(C)C1. The molecule has 78 valence electrons. The number of rotatable bonds is 4. The van der Waals surface area contributed by atoms with Crippen molar-refractivity contribution in [1.82, 2.24) is 4.90 Å². The van der Waals surface area contributed by atoms with Crippen LogP contribution >= 0.6 is 0 Å². The van der Waals surface area contributed by atoms with Crippen LogP contribution in [-0.2, 0) is 0 Å². The van der Waals surface area contributed by atoms with Crippen LogP contribution in [0.5, 0.6) is 0 Å². The summed E-state index contributed by atoms with van der Waals surface area (Å²) < 4.78 is 0. The van der Waals surface area contributed by atoms with Gasteiger partial charge < -0.3 is 4.90 Å². The first-order chi connectivity index (χ1) is 6.09. The van der Waals surface area contributed by atoms with Gasteiger partial charge >= 0.3 is 0 Å². The van der Waals surface area contributed by atoms with Crippen molar-refractivity contribution in [2.24, 2.45) is 11.8 Å². The fourth-order valence-corrected chi connectivity index (χ4v) is 2.13. The lowest BCUT2D eigenvalue weighted by Gasteiger charge is -2.24. The molecule has 1 saturated heterocycles. The quantitative estimate of drug-likeness (QED) is 0.647. The molecule has 1 nitrogen and oxygen atoms in total. The average Bonchev–Trinajstić information content (AvgIpc) is 2.47. The van der Waals surface area contributed by atoms with Crippen molar-refractivity contribution >= 4 is 0 Å². The van der Waals surface area contributed by atoms with Crippen molar-refractivity contribution < 1.29 is 0 Å². The van der Waals surface area contributed by atoms with Gasteiger partial charge in [-0.15, -0.1) is 0 Å². The molecule has 1 rings (SSSR count). The van der Waals surface area contributed by atoms with Gasteiger partial charge in [-0.25, -0.2) is 0 Å². The minimum Gasteiger partial charge on any atom is -0.300 e. The molecule has 0 aromatic heterocycles. The minimum atomic E-state index is 0.812. The number of likely N-dealkylation sites (tertiary alicyclic amines) is 1. The van der Waals surface area contributed by atoms with Crippen LogP contribution in [0.15, 0.2) is 0 Å². The van der Waals surface area contributed by atoms with E-state index in [2.05, 4.69) is 32.6 Å². The molecular formula is C12H25N. The molecular weight excluding hydrogens is 158 g/mol. The van der Waals surface area contributed by atoms with Gasteiger partial charge in [-0.05, 0) is 44.6 Å². The molecule has 1 heteroatoms. The van der Waals surface area contributed by atoms with Gasteiger partial charge in [-0.3, -0.25) is 0 Å². The van der Waals surface area contributed by atoms with Crippen LogP contribution in [0.2, 0.25) is 0 Å². The number of hydrogen-bond acceptors (Lipinski definition) is 1. The molecule has 0 aromatic carbocycles. The molecule has 0 aromatic rings. The Balaban J connectivity index is 2.19. The molecule has 0 spiro atoms. The Labute approximate surface area is 83.5 Å². The summed E-state index contributed by atoms with van der Waals surface area (Å²) >= 11 is 0. The van der Waals surface area contributed by atoms with Crippen LogP contribution in [0.25, 0.3) is 0 Å². The third kappa shape index (κ3) is 3.68. The van der Waals surface area contributed by atoms with Crippen molar-refractivity contribution in [3.05, 3.63) is 0 Å². The summed E-state index contributed by atoms with van der Waals surface area (Å²) in [5, 5.41) is 0. The molecule has 0 N–H and O–H groups in total. The molecule has 13 heavy (non-hydrogen) atoms. The first kappa shape index (κ1) is 11.0. The average molecular weight is 183 g/mol. The van der Waals surface area contributed by atoms with E-state index in [1.807, 2.05) is 0 Å². The Morgan fingerprint density at radius 1 is 1.23 bits per heavy atom. The lowest BCUT2D eigenvalue weighted by Crippen LogP contribution is -2.30. The molecule has 1 aliphatic rings. The van der Waals surface area contributed by atoms with E-state index in [-0.39, 0.29) is 0 Å². The largest absolute Gasteiger partial charge is 0.300 e. The third-order valence-corrected chi connectivity index (χ3v) is 3.24. The molecule has 0 saturated carbocycles. The summed E-state index contributed by atoms with van der Waals surface area (Å²) in [7, 11) is 0. The Kier molecular flexibility index (Phi) is 4.24. The molecule has 2 atom stereocenters. The summed E-state index contributed by atoms with van der Waals surface area (Å²) in [5.41, 5.74) is 0. The molecule has 1 heterocycles. The summed E-state index contributed by atoms with van der Waals surface area (Å²) in [5.74, 6) is 1.80. The van der Waals surface area contributed by atoms with E-state index in [0.717, 1.165) is 17.9 Å². The van der Waals surface area contributed by atoms with Crippen molar-refractivity contribution in [2.45, 2.75) is 53.0 Å². The summed E-state index contributed by atoms with van der Waals surface area (Å²) in [6, 6.07) is 0.812. The van der Waals surface area contributed by atoms with E-state index in [9.17, 15) is 0 Å². The van der Waals surface area contributed by atoms with Gasteiger partial charge in [0.05, 0.1) is 0 Å². The van der Waals surface area contributed by atoms with Crippen molar-refractivity contribution in [3.8, 4) is 0 Å². The van der Waals surface area contributed by atoms with Crippen LogP contribution in [0.1, 0.15) is 47.0 Å². The fraction of sp³-hybridized carbons (Fsp3) is 1.00. The Hall–Kier alpha value is -0.0400. The van der Waals surface area contributed by atoms with Gasteiger partial charge in [0.15, 0.2) is 0 Å². The highest BCUT2D eigenvalue weighted by Crippen LogP contribution is 2.20. The summed E-state index contributed by atoms with van der Waals surface area (Å²) in [6.07, 6.45) is 4.17. The van der Waals surface area contributed by atoms with E-state index >= 15 is 0 Å². The predicted octanol–water partition coefficient (Wildman–Crippen LogP) is 3.15. The highest BCUT2D eigenvalue weighted by molar-refractivity contribution is 4.77. The predicted molar refractivity (Wildman–Crippen MR) is 58.9 cm³/mol. The van der Waals surface area contributed by atoms with Crippen LogP contribution in [0.3, 0.4) is 0 Å². The van der Waals surface area contributed by atoms with Crippen LogP contribution in [0, 0.1) is 11.8 Å². The Morgan fingerprint density at radius 2 is 1.92 bits per heavy atom. The van der Waals surface area contributed by atoms with E-state index < -0.39 is 0 Å². The summed E-state index contributed by atoms with van der Waals surface area (Å²) in [4.78, 5) is 2.66. The molecule has 0 aliphatic carbocycles. The second-order valence-electron chi connectivity index (χ2n) is 5.21. The van der Waals surface area contributed by atoms with Gasteiger partial charge in [0.1, 0.15) is 0 Å². The third-order valence-electron chi connectivity index (χ3n) is 3.24. The summed E-state index contributed by atoms with van der Waals surface area (Å²) in [6.45, 7) is 12.1. The van der Waals surface area contributed by atoms with Crippen molar-refractivity contribution in [1.29, 1.82) is 0 Å². The first-order valence-electron chi connectivity index (χ1n) is 5.83. The zero-order chi connectivity index (χ0) is 9.84. The number of nitrogens with zero attached hydrogens (tertiary/aromatic N) is 1. The van der Waals surface area contributed by atoms with Crippen LogP contribution < -0.4 is 0 Å². The van der Waals surface area contributed by atoms with Gasteiger partial charge in [-0.1, -0.05) is 20.8 Å². The molecule has 0 amide bonds. The monoisotopic (exact) mass is 183 g/mol. The normalized spacial score (nSPS) is 27.0. The number of hydrogen-bond donors (Lipinski definition) is 0. The van der Waals surface area contributed by atoms with E-state index in [1.54, 1.807) is 0 Å². The maximum Gasteiger partial charge on any atom is 0.00671 e. The van der Waals surface area contributed by atoms with Crippen LogP contribution in [-0.4, -0.2) is 24.0 Å². The highest BCUT2D eigenvalue weighted by Gasteiger charge is 2.22. The highest BCUT2D eigenvalue weighted by atomic mass is 15.2. The first-order valence-corrected chi connectivity index (χ1v) is 5.83.